The molecule has 0 atom stereocenters. The van der Waals surface area contributed by atoms with Crippen molar-refractivity contribution in [3.05, 3.63) is 64.7 Å². The average molecular weight is 393 g/mol. The van der Waals surface area contributed by atoms with Gasteiger partial charge in [0, 0.05) is 31.5 Å². The molecule has 1 amide bonds. The molecule has 2 aromatic carbocycles. The zero-order valence-corrected chi connectivity index (χ0v) is 16.7. The predicted octanol–water partition coefficient (Wildman–Crippen LogP) is 3.73. The molecule has 2 aliphatic heterocycles. The van der Waals surface area contributed by atoms with Crippen molar-refractivity contribution in [1.29, 1.82) is 0 Å². The van der Waals surface area contributed by atoms with Gasteiger partial charge in [-0.05, 0) is 60.2 Å². The number of nitrogens with zero attached hydrogens (tertiary/aromatic N) is 1. The first kappa shape index (κ1) is 18.6. The van der Waals surface area contributed by atoms with Gasteiger partial charge in [-0.15, -0.1) is 0 Å². The Morgan fingerprint density at radius 1 is 1.00 bits per heavy atom. The number of rotatable bonds is 4. The largest absolute Gasteiger partial charge is 0.489 e. The lowest BCUT2D eigenvalue weighted by molar-refractivity contribution is -0.181. The molecule has 0 saturated carbocycles. The smallest absolute Gasteiger partial charge is 0.253 e. The molecule has 0 bridgehead atoms. The maximum absolute atomic E-state index is 13.0. The van der Waals surface area contributed by atoms with E-state index >= 15 is 0 Å². The Bertz CT molecular complexity index is 894. The molecule has 2 heterocycles. The molecule has 152 valence electrons. The van der Waals surface area contributed by atoms with E-state index in [-0.39, 0.29) is 5.91 Å². The molecule has 1 spiro atoms. The van der Waals surface area contributed by atoms with E-state index in [9.17, 15) is 4.79 Å². The van der Waals surface area contributed by atoms with E-state index in [1.54, 1.807) is 0 Å². The first-order chi connectivity index (χ1) is 14.2. The van der Waals surface area contributed by atoms with Gasteiger partial charge in [-0.2, -0.15) is 0 Å². The van der Waals surface area contributed by atoms with Crippen molar-refractivity contribution in [2.24, 2.45) is 0 Å². The lowest BCUT2D eigenvalue weighted by atomic mass is 10.0. The number of aryl methyl sites for hydroxylation is 2. The topological polar surface area (TPSA) is 48.0 Å². The Morgan fingerprint density at radius 2 is 1.79 bits per heavy atom. The highest BCUT2D eigenvalue weighted by molar-refractivity contribution is 5.94. The van der Waals surface area contributed by atoms with E-state index in [0.29, 0.717) is 38.5 Å². The number of likely N-dealkylation sites (tertiary alicyclic amines) is 1. The van der Waals surface area contributed by atoms with Crippen LogP contribution in [0.4, 0.5) is 0 Å². The molecule has 0 unspecified atom stereocenters. The Labute approximate surface area is 171 Å². The van der Waals surface area contributed by atoms with Crippen LogP contribution in [0.15, 0.2) is 42.5 Å². The second-order valence-corrected chi connectivity index (χ2v) is 8.17. The van der Waals surface area contributed by atoms with Crippen molar-refractivity contribution >= 4 is 5.91 Å². The number of fused-ring (bicyclic) bond motifs is 1. The maximum Gasteiger partial charge on any atom is 0.253 e. The molecular formula is C24H27NO4. The van der Waals surface area contributed by atoms with Gasteiger partial charge in [-0.1, -0.05) is 18.2 Å². The quantitative estimate of drug-likeness (QED) is 0.794. The minimum atomic E-state index is -0.456. The van der Waals surface area contributed by atoms with Gasteiger partial charge in [0.2, 0.25) is 0 Å². The van der Waals surface area contributed by atoms with Crippen LogP contribution in [-0.4, -0.2) is 42.9 Å². The van der Waals surface area contributed by atoms with Crippen LogP contribution in [0.1, 0.15) is 46.3 Å². The summed E-state index contributed by atoms with van der Waals surface area (Å²) in [5.41, 5.74) is 4.57. The average Bonchev–Trinajstić information content (AvgIpc) is 3.42. The summed E-state index contributed by atoms with van der Waals surface area (Å²) in [5, 5.41) is 0. The van der Waals surface area contributed by atoms with Crippen LogP contribution in [0, 0.1) is 0 Å². The lowest BCUT2D eigenvalue weighted by Crippen LogP contribution is -2.47. The SMILES string of the molecule is O=C(c1cccc(COc2ccc3c(c2)CCC3)c1)N1CCC2(CC1)OCCO2. The van der Waals surface area contributed by atoms with Crippen molar-refractivity contribution in [3.63, 3.8) is 0 Å². The van der Waals surface area contributed by atoms with Crippen LogP contribution in [-0.2, 0) is 28.9 Å². The van der Waals surface area contributed by atoms with Gasteiger partial charge >= 0.3 is 0 Å². The van der Waals surface area contributed by atoms with Gasteiger partial charge in [-0.3, -0.25) is 4.79 Å². The Kier molecular flexibility index (Phi) is 5.02. The summed E-state index contributed by atoms with van der Waals surface area (Å²) in [5.74, 6) is 0.514. The minimum Gasteiger partial charge on any atom is -0.489 e. The molecule has 0 N–H and O–H groups in total. The molecule has 0 radical (unpaired) electrons. The second-order valence-electron chi connectivity index (χ2n) is 8.17. The number of carbonyl (C=O) groups excluding carboxylic acids is 1. The molecule has 2 saturated heterocycles. The van der Waals surface area contributed by atoms with Crippen molar-refractivity contribution in [2.75, 3.05) is 26.3 Å². The molecule has 29 heavy (non-hydrogen) atoms. The summed E-state index contributed by atoms with van der Waals surface area (Å²) < 4.78 is 17.5. The van der Waals surface area contributed by atoms with Gasteiger partial charge < -0.3 is 19.1 Å². The number of hydrogen-bond acceptors (Lipinski definition) is 4. The Morgan fingerprint density at radius 3 is 2.62 bits per heavy atom. The van der Waals surface area contributed by atoms with E-state index in [4.69, 9.17) is 14.2 Å². The number of ether oxygens (including phenoxy) is 3. The summed E-state index contributed by atoms with van der Waals surface area (Å²) in [7, 11) is 0. The van der Waals surface area contributed by atoms with E-state index in [1.165, 1.54) is 24.0 Å². The van der Waals surface area contributed by atoms with E-state index in [1.807, 2.05) is 29.2 Å². The summed E-state index contributed by atoms with van der Waals surface area (Å²) in [4.78, 5) is 14.9. The van der Waals surface area contributed by atoms with E-state index in [0.717, 1.165) is 30.6 Å². The number of piperidine rings is 1. The molecule has 3 aliphatic rings. The van der Waals surface area contributed by atoms with Crippen LogP contribution in [0.25, 0.3) is 0 Å². The molecule has 5 rings (SSSR count). The lowest BCUT2D eigenvalue weighted by Gasteiger charge is -2.37. The molecule has 2 aromatic rings. The summed E-state index contributed by atoms with van der Waals surface area (Å²) in [6, 6.07) is 14.2. The second kappa shape index (κ2) is 7.81. The van der Waals surface area contributed by atoms with Crippen LogP contribution >= 0.6 is 0 Å². The fourth-order valence-corrected chi connectivity index (χ4v) is 4.62. The third-order valence-electron chi connectivity index (χ3n) is 6.28. The number of hydrogen-bond donors (Lipinski definition) is 0. The molecule has 2 fully saturated rings. The normalized spacial score (nSPS) is 20.1. The fourth-order valence-electron chi connectivity index (χ4n) is 4.62. The first-order valence-corrected chi connectivity index (χ1v) is 10.6. The van der Waals surface area contributed by atoms with Crippen molar-refractivity contribution in [3.8, 4) is 5.75 Å². The van der Waals surface area contributed by atoms with Crippen LogP contribution in [0.2, 0.25) is 0 Å². The van der Waals surface area contributed by atoms with E-state index in [2.05, 4.69) is 18.2 Å². The molecule has 5 nitrogen and oxygen atoms in total. The third kappa shape index (κ3) is 3.89. The highest BCUT2D eigenvalue weighted by Gasteiger charge is 2.40. The minimum absolute atomic E-state index is 0.0669. The maximum atomic E-state index is 13.0. The molecule has 5 heteroatoms. The fraction of sp³-hybridized carbons (Fsp3) is 0.458. The third-order valence-corrected chi connectivity index (χ3v) is 6.28. The van der Waals surface area contributed by atoms with Crippen LogP contribution < -0.4 is 4.74 Å². The summed E-state index contributed by atoms with van der Waals surface area (Å²) >= 11 is 0. The van der Waals surface area contributed by atoms with Crippen molar-refractivity contribution in [1.82, 2.24) is 4.90 Å². The summed E-state index contributed by atoms with van der Waals surface area (Å²) in [6.07, 6.45) is 5.03. The Hall–Kier alpha value is -2.37. The number of amides is 1. The molecule has 1 aliphatic carbocycles. The van der Waals surface area contributed by atoms with Crippen LogP contribution in [0.3, 0.4) is 0 Å². The standard InChI is InChI=1S/C24H27NO4/c26-23(25-11-9-24(10-12-25)28-13-14-29-24)21-6-1-3-18(15-21)17-27-22-8-7-19-4-2-5-20(19)16-22/h1,3,6-8,15-16H,2,4-5,9-14,17H2. The number of carbonyl (C=O) groups is 1. The van der Waals surface area contributed by atoms with Crippen LogP contribution in [0.5, 0.6) is 5.75 Å². The zero-order chi connectivity index (χ0) is 19.7. The van der Waals surface area contributed by atoms with Gasteiger partial charge in [0.05, 0.1) is 13.2 Å². The zero-order valence-electron chi connectivity index (χ0n) is 16.7. The van der Waals surface area contributed by atoms with Crippen molar-refractivity contribution in [2.45, 2.75) is 44.5 Å². The van der Waals surface area contributed by atoms with E-state index < -0.39 is 5.79 Å². The Balaban J connectivity index is 1.21. The highest BCUT2D eigenvalue weighted by Crippen LogP contribution is 2.32. The van der Waals surface area contributed by atoms with Gasteiger partial charge in [-0.25, -0.2) is 0 Å². The molecular weight excluding hydrogens is 366 g/mol. The van der Waals surface area contributed by atoms with Gasteiger partial charge in [0.1, 0.15) is 12.4 Å². The van der Waals surface area contributed by atoms with Gasteiger partial charge in [0.15, 0.2) is 5.79 Å². The first-order valence-electron chi connectivity index (χ1n) is 10.6. The van der Waals surface area contributed by atoms with Crippen molar-refractivity contribution < 1.29 is 19.0 Å². The predicted molar refractivity (Wildman–Crippen MR) is 109 cm³/mol. The highest BCUT2D eigenvalue weighted by atomic mass is 16.7. The monoisotopic (exact) mass is 393 g/mol. The molecule has 0 aromatic heterocycles. The van der Waals surface area contributed by atoms with Gasteiger partial charge in [0.25, 0.3) is 5.91 Å². The number of benzene rings is 2. The summed E-state index contributed by atoms with van der Waals surface area (Å²) in [6.45, 7) is 3.09.